The van der Waals surface area contributed by atoms with Crippen molar-refractivity contribution in [2.24, 2.45) is 0 Å². The number of carbonyl (C=O) groups excluding carboxylic acids is 1. The van der Waals surface area contributed by atoms with E-state index in [1.807, 2.05) is 16.3 Å². The van der Waals surface area contributed by atoms with Gasteiger partial charge in [-0.15, -0.1) is 11.3 Å². The summed E-state index contributed by atoms with van der Waals surface area (Å²) in [5, 5.41) is 2.94. The zero-order chi connectivity index (χ0) is 17.1. The van der Waals surface area contributed by atoms with Crippen LogP contribution in [-0.4, -0.2) is 46.4 Å². The minimum atomic E-state index is 0.0741. The van der Waals surface area contributed by atoms with Gasteiger partial charge in [-0.25, -0.2) is 4.98 Å². The summed E-state index contributed by atoms with van der Waals surface area (Å²) in [4.78, 5) is 21.7. The lowest BCUT2D eigenvalue weighted by atomic mass is 10.1. The lowest BCUT2D eigenvalue weighted by molar-refractivity contribution is 0.0470. The van der Waals surface area contributed by atoms with E-state index in [0.29, 0.717) is 11.6 Å². The van der Waals surface area contributed by atoms with E-state index in [1.165, 1.54) is 5.56 Å². The highest BCUT2D eigenvalue weighted by Gasteiger charge is 2.29. The first kappa shape index (κ1) is 17.1. The molecule has 24 heavy (non-hydrogen) atoms. The maximum Gasteiger partial charge on any atom is 0.273 e. The molecule has 3 rings (SSSR count). The molecule has 0 bridgehead atoms. The van der Waals surface area contributed by atoms with Crippen molar-refractivity contribution in [3.8, 4) is 0 Å². The van der Waals surface area contributed by atoms with E-state index in [1.54, 1.807) is 11.3 Å². The summed E-state index contributed by atoms with van der Waals surface area (Å²) in [5.74, 6) is 0.446. The third kappa shape index (κ3) is 3.84. The molecule has 0 radical (unpaired) electrons. The molecule has 4 nitrogen and oxygen atoms in total. The fraction of sp³-hybridized carbons (Fsp3) is 0.474. The standard InChI is InChI=1S/C19H25N3OS/c1-14(2)18-20-17(13-24-18)19(23)22-10-9-21(11-15(22)3)12-16-7-5-4-6-8-16/h4-8,13-15H,9-12H2,1-3H3/t15-/m1/s1. The Balaban J connectivity index is 1.61. The average molecular weight is 343 g/mol. The zero-order valence-electron chi connectivity index (χ0n) is 14.6. The lowest BCUT2D eigenvalue weighted by Crippen LogP contribution is -2.53. The third-order valence-corrected chi connectivity index (χ3v) is 5.60. The fourth-order valence-corrected chi connectivity index (χ4v) is 3.93. The summed E-state index contributed by atoms with van der Waals surface area (Å²) in [5.41, 5.74) is 1.93. The van der Waals surface area contributed by atoms with Crippen molar-refractivity contribution in [1.29, 1.82) is 0 Å². The molecule has 2 aromatic rings. The SMILES string of the molecule is CC(C)c1nc(C(=O)N2CCN(Cc3ccccc3)C[C@H]2C)cs1. The van der Waals surface area contributed by atoms with Gasteiger partial charge >= 0.3 is 0 Å². The van der Waals surface area contributed by atoms with Crippen LogP contribution in [0.1, 0.15) is 47.7 Å². The monoisotopic (exact) mass is 343 g/mol. The molecule has 1 atom stereocenters. The summed E-state index contributed by atoms with van der Waals surface area (Å²) in [7, 11) is 0. The maximum absolute atomic E-state index is 12.8. The van der Waals surface area contributed by atoms with E-state index in [-0.39, 0.29) is 11.9 Å². The van der Waals surface area contributed by atoms with Crippen molar-refractivity contribution in [3.63, 3.8) is 0 Å². The van der Waals surface area contributed by atoms with Gasteiger partial charge in [-0.2, -0.15) is 0 Å². The Morgan fingerprint density at radius 1 is 1.29 bits per heavy atom. The van der Waals surface area contributed by atoms with Crippen LogP contribution >= 0.6 is 11.3 Å². The van der Waals surface area contributed by atoms with E-state index in [2.05, 4.69) is 54.9 Å². The average Bonchev–Trinajstić information content (AvgIpc) is 3.06. The molecule has 1 aliphatic rings. The summed E-state index contributed by atoms with van der Waals surface area (Å²) in [6.07, 6.45) is 0. The number of rotatable bonds is 4. The van der Waals surface area contributed by atoms with Gasteiger partial charge in [0, 0.05) is 43.5 Å². The first-order valence-corrected chi connectivity index (χ1v) is 9.45. The van der Waals surface area contributed by atoms with Crippen molar-refractivity contribution in [1.82, 2.24) is 14.8 Å². The second-order valence-corrected chi connectivity index (χ2v) is 7.68. The topological polar surface area (TPSA) is 36.4 Å². The first-order chi connectivity index (χ1) is 11.5. The molecule has 0 N–H and O–H groups in total. The van der Waals surface area contributed by atoms with Crippen LogP contribution in [0.25, 0.3) is 0 Å². The van der Waals surface area contributed by atoms with E-state index in [0.717, 1.165) is 31.2 Å². The Morgan fingerprint density at radius 2 is 2.04 bits per heavy atom. The van der Waals surface area contributed by atoms with Gasteiger partial charge in [0.05, 0.1) is 5.01 Å². The molecule has 1 aliphatic heterocycles. The fourth-order valence-electron chi connectivity index (χ4n) is 3.12. The molecular weight excluding hydrogens is 318 g/mol. The molecule has 1 aromatic carbocycles. The van der Waals surface area contributed by atoms with Crippen LogP contribution in [0.3, 0.4) is 0 Å². The summed E-state index contributed by atoms with van der Waals surface area (Å²) in [6, 6.07) is 10.7. The molecule has 0 unspecified atom stereocenters. The van der Waals surface area contributed by atoms with Crippen molar-refractivity contribution in [2.75, 3.05) is 19.6 Å². The highest BCUT2D eigenvalue weighted by Crippen LogP contribution is 2.22. The van der Waals surface area contributed by atoms with Crippen LogP contribution in [0.5, 0.6) is 0 Å². The predicted molar refractivity (Wildman–Crippen MR) is 98.4 cm³/mol. The Hall–Kier alpha value is -1.72. The lowest BCUT2D eigenvalue weighted by Gasteiger charge is -2.39. The molecule has 1 saturated heterocycles. The second kappa shape index (κ2) is 7.45. The first-order valence-electron chi connectivity index (χ1n) is 8.57. The molecule has 2 heterocycles. The van der Waals surface area contributed by atoms with Crippen LogP contribution in [0.4, 0.5) is 0 Å². The van der Waals surface area contributed by atoms with E-state index < -0.39 is 0 Å². The number of aromatic nitrogens is 1. The summed E-state index contributed by atoms with van der Waals surface area (Å²) >= 11 is 1.58. The Bertz CT molecular complexity index is 683. The maximum atomic E-state index is 12.8. The van der Waals surface area contributed by atoms with Gasteiger partial charge in [0.25, 0.3) is 5.91 Å². The van der Waals surface area contributed by atoms with Gasteiger partial charge in [-0.05, 0) is 12.5 Å². The van der Waals surface area contributed by atoms with Crippen LogP contribution < -0.4 is 0 Å². The van der Waals surface area contributed by atoms with Crippen molar-refractivity contribution in [2.45, 2.75) is 39.3 Å². The van der Waals surface area contributed by atoms with E-state index in [9.17, 15) is 4.79 Å². The normalized spacial score (nSPS) is 19.0. The number of hydrogen-bond acceptors (Lipinski definition) is 4. The highest BCUT2D eigenvalue weighted by atomic mass is 32.1. The van der Waals surface area contributed by atoms with E-state index in [4.69, 9.17) is 0 Å². The summed E-state index contributed by atoms with van der Waals surface area (Å²) < 4.78 is 0. The van der Waals surface area contributed by atoms with Crippen LogP contribution in [0.15, 0.2) is 35.7 Å². The minimum absolute atomic E-state index is 0.0741. The molecule has 0 spiro atoms. The van der Waals surface area contributed by atoms with Gasteiger partial charge in [0.2, 0.25) is 0 Å². The molecule has 5 heteroatoms. The molecule has 1 fully saturated rings. The number of thiazole rings is 1. The zero-order valence-corrected chi connectivity index (χ0v) is 15.4. The third-order valence-electron chi connectivity index (χ3n) is 4.46. The Kier molecular flexibility index (Phi) is 5.31. The van der Waals surface area contributed by atoms with Crippen molar-refractivity contribution < 1.29 is 4.79 Å². The van der Waals surface area contributed by atoms with Crippen LogP contribution in [0, 0.1) is 0 Å². The molecule has 1 aromatic heterocycles. The smallest absolute Gasteiger partial charge is 0.273 e. The van der Waals surface area contributed by atoms with Crippen molar-refractivity contribution >= 4 is 17.2 Å². The number of amides is 1. The molecule has 128 valence electrons. The molecule has 1 amide bonds. The molecule has 0 saturated carbocycles. The number of piperazine rings is 1. The number of nitrogens with zero attached hydrogens (tertiary/aromatic N) is 3. The number of benzene rings is 1. The van der Waals surface area contributed by atoms with Crippen LogP contribution in [0.2, 0.25) is 0 Å². The molecular formula is C19H25N3OS. The second-order valence-electron chi connectivity index (χ2n) is 6.79. The Morgan fingerprint density at radius 3 is 2.67 bits per heavy atom. The minimum Gasteiger partial charge on any atom is -0.332 e. The number of hydrogen-bond donors (Lipinski definition) is 0. The van der Waals surface area contributed by atoms with Gasteiger partial charge < -0.3 is 4.90 Å². The van der Waals surface area contributed by atoms with Crippen LogP contribution in [-0.2, 0) is 6.54 Å². The quantitative estimate of drug-likeness (QED) is 0.851. The van der Waals surface area contributed by atoms with Gasteiger partial charge in [-0.1, -0.05) is 44.2 Å². The van der Waals surface area contributed by atoms with Gasteiger partial charge in [0.15, 0.2) is 0 Å². The predicted octanol–water partition coefficient (Wildman–Crippen LogP) is 3.61. The highest BCUT2D eigenvalue weighted by molar-refractivity contribution is 7.09. The van der Waals surface area contributed by atoms with E-state index >= 15 is 0 Å². The Labute approximate surface area is 148 Å². The van der Waals surface area contributed by atoms with Gasteiger partial charge in [0.1, 0.15) is 5.69 Å². The molecule has 0 aliphatic carbocycles. The van der Waals surface area contributed by atoms with Gasteiger partial charge in [-0.3, -0.25) is 9.69 Å². The summed E-state index contributed by atoms with van der Waals surface area (Å²) in [6.45, 7) is 9.87. The van der Waals surface area contributed by atoms with Crippen molar-refractivity contribution in [3.05, 3.63) is 52.0 Å². The number of carbonyl (C=O) groups is 1. The largest absolute Gasteiger partial charge is 0.332 e.